The average Bonchev–Trinajstić information content (AvgIpc) is 2.46. The van der Waals surface area contributed by atoms with E-state index in [0.29, 0.717) is 0 Å². The number of carbonyl (C=O) groups is 2. The molecule has 2 atom stereocenters. The first-order chi connectivity index (χ1) is 10.9. The number of rotatable bonds is 5. The standard InChI is InChI=1S/C14H15ClF4N2O3/c1-7(12(22)23)6-21(2)13(24)20-11(14(17,18)19)8-3-4-10(16)9(15)5-8/h3-5,7,11H,6H2,1-2H3,(H,20,24)(H,22,23). The highest BCUT2D eigenvalue weighted by Gasteiger charge is 2.42. The molecule has 0 aliphatic carbocycles. The molecule has 0 aromatic heterocycles. The molecule has 2 amide bonds. The van der Waals surface area contributed by atoms with E-state index in [2.05, 4.69) is 0 Å². The summed E-state index contributed by atoms with van der Waals surface area (Å²) in [6.07, 6.45) is -4.85. The van der Waals surface area contributed by atoms with Gasteiger partial charge in [0, 0.05) is 13.6 Å². The Bertz CT molecular complexity index is 625. The van der Waals surface area contributed by atoms with Crippen molar-refractivity contribution in [3.05, 3.63) is 34.6 Å². The molecule has 0 aliphatic heterocycles. The first-order valence-corrected chi connectivity index (χ1v) is 7.07. The lowest BCUT2D eigenvalue weighted by atomic mass is 10.1. The molecule has 5 nitrogen and oxygen atoms in total. The van der Waals surface area contributed by atoms with Crippen LogP contribution in [-0.4, -0.2) is 41.8 Å². The smallest absolute Gasteiger partial charge is 0.412 e. The number of carbonyl (C=O) groups excluding carboxylic acids is 1. The lowest BCUT2D eigenvalue weighted by molar-refractivity contribution is -0.155. The number of nitrogens with one attached hydrogen (secondary N) is 1. The quantitative estimate of drug-likeness (QED) is 0.780. The summed E-state index contributed by atoms with van der Waals surface area (Å²) in [6.45, 7) is 1.03. The second-order valence-corrected chi connectivity index (χ2v) is 5.62. The van der Waals surface area contributed by atoms with Gasteiger partial charge in [0.15, 0.2) is 6.04 Å². The van der Waals surface area contributed by atoms with E-state index in [4.69, 9.17) is 16.7 Å². The number of alkyl halides is 3. The number of nitrogens with zero attached hydrogens (tertiary/aromatic N) is 1. The van der Waals surface area contributed by atoms with Crippen molar-refractivity contribution in [1.29, 1.82) is 0 Å². The number of hydrogen-bond donors (Lipinski definition) is 2. The summed E-state index contributed by atoms with van der Waals surface area (Å²) in [5.41, 5.74) is -0.443. The number of aliphatic carboxylic acids is 1. The summed E-state index contributed by atoms with van der Waals surface area (Å²) in [7, 11) is 1.17. The average molecular weight is 371 g/mol. The second kappa shape index (κ2) is 7.69. The zero-order valence-corrected chi connectivity index (χ0v) is 13.5. The minimum atomic E-state index is -4.85. The molecule has 0 saturated heterocycles. The fourth-order valence-electron chi connectivity index (χ4n) is 1.85. The second-order valence-electron chi connectivity index (χ2n) is 5.22. The molecule has 0 bridgehead atoms. The molecule has 0 aliphatic rings. The third-order valence-electron chi connectivity index (χ3n) is 3.19. The third kappa shape index (κ3) is 5.26. The van der Waals surface area contributed by atoms with E-state index < -0.39 is 46.5 Å². The number of benzene rings is 1. The number of urea groups is 1. The van der Waals surface area contributed by atoms with E-state index in [9.17, 15) is 27.2 Å². The molecule has 134 valence electrons. The molecular formula is C14H15ClF4N2O3. The van der Waals surface area contributed by atoms with Crippen molar-refractivity contribution >= 4 is 23.6 Å². The van der Waals surface area contributed by atoms with Crippen molar-refractivity contribution in [2.45, 2.75) is 19.1 Å². The van der Waals surface area contributed by atoms with Crippen molar-refractivity contribution in [1.82, 2.24) is 10.2 Å². The molecule has 2 unspecified atom stereocenters. The highest BCUT2D eigenvalue weighted by molar-refractivity contribution is 6.30. The normalized spacial score (nSPS) is 14.0. The third-order valence-corrected chi connectivity index (χ3v) is 3.48. The molecule has 1 aromatic carbocycles. The fraction of sp³-hybridized carbons (Fsp3) is 0.429. The van der Waals surface area contributed by atoms with Crippen LogP contribution in [-0.2, 0) is 4.79 Å². The minimum absolute atomic E-state index is 0.282. The highest BCUT2D eigenvalue weighted by Crippen LogP contribution is 2.34. The van der Waals surface area contributed by atoms with Crippen LogP contribution in [0.25, 0.3) is 0 Å². The molecule has 1 aromatic rings. The Balaban J connectivity index is 2.96. The molecule has 24 heavy (non-hydrogen) atoms. The fourth-order valence-corrected chi connectivity index (χ4v) is 2.04. The van der Waals surface area contributed by atoms with Gasteiger partial charge in [-0.25, -0.2) is 9.18 Å². The lowest BCUT2D eigenvalue weighted by Crippen LogP contribution is -2.46. The van der Waals surface area contributed by atoms with Crippen molar-refractivity contribution in [3.8, 4) is 0 Å². The highest BCUT2D eigenvalue weighted by atomic mass is 35.5. The molecule has 0 saturated carbocycles. The Morgan fingerprint density at radius 2 is 1.96 bits per heavy atom. The van der Waals surface area contributed by atoms with Gasteiger partial charge in [-0.05, 0) is 17.7 Å². The summed E-state index contributed by atoms with van der Waals surface area (Å²) < 4.78 is 52.7. The van der Waals surface area contributed by atoms with Crippen LogP contribution >= 0.6 is 11.6 Å². The van der Waals surface area contributed by atoms with E-state index in [1.807, 2.05) is 0 Å². The van der Waals surface area contributed by atoms with Crippen LogP contribution in [0.5, 0.6) is 0 Å². The molecule has 1 rings (SSSR count). The summed E-state index contributed by atoms with van der Waals surface area (Å²) in [5, 5.41) is 10.0. The maximum atomic E-state index is 13.2. The predicted octanol–water partition coefficient (Wildman–Crippen LogP) is 3.44. The number of halogens is 5. The van der Waals surface area contributed by atoms with Crippen molar-refractivity contribution in [2.75, 3.05) is 13.6 Å². The topological polar surface area (TPSA) is 69.6 Å². The van der Waals surface area contributed by atoms with Gasteiger partial charge in [-0.3, -0.25) is 4.79 Å². The Morgan fingerprint density at radius 1 is 1.38 bits per heavy atom. The number of carboxylic acid groups (broad SMARTS) is 1. The van der Waals surface area contributed by atoms with Gasteiger partial charge in [-0.15, -0.1) is 0 Å². The first-order valence-electron chi connectivity index (χ1n) is 6.69. The van der Waals surface area contributed by atoms with Gasteiger partial charge >= 0.3 is 18.2 Å². The molecule has 0 fully saturated rings. The van der Waals surface area contributed by atoms with E-state index >= 15 is 0 Å². The van der Waals surface area contributed by atoms with Crippen LogP contribution in [0.3, 0.4) is 0 Å². The SMILES string of the molecule is CC(CN(C)C(=O)NC(c1ccc(F)c(Cl)c1)C(F)(F)F)C(=O)O. The summed E-state index contributed by atoms with van der Waals surface area (Å²) >= 11 is 5.48. The molecule has 0 spiro atoms. The predicted molar refractivity (Wildman–Crippen MR) is 78.2 cm³/mol. The van der Waals surface area contributed by atoms with Gasteiger partial charge in [-0.2, -0.15) is 13.2 Å². The monoisotopic (exact) mass is 370 g/mol. The number of hydrogen-bond acceptors (Lipinski definition) is 2. The zero-order valence-electron chi connectivity index (χ0n) is 12.7. The van der Waals surface area contributed by atoms with Gasteiger partial charge in [0.25, 0.3) is 0 Å². The Labute approximate surface area is 140 Å². The van der Waals surface area contributed by atoms with Gasteiger partial charge in [-0.1, -0.05) is 24.6 Å². The van der Waals surface area contributed by atoms with Crippen molar-refractivity contribution in [3.63, 3.8) is 0 Å². The van der Waals surface area contributed by atoms with Crippen molar-refractivity contribution < 1.29 is 32.3 Å². The van der Waals surface area contributed by atoms with Gasteiger partial charge in [0.2, 0.25) is 0 Å². The largest absolute Gasteiger partial charge is 0.481 e. The minimum Gasteiger partial charge on any atom is -0.481 e. The Morgan fingerprint density at radius 3 is 2.42 bits per heavy atom. The Hall–Kier alpha value is -2.03. The van der Waals surface area contributed by atoms with Crippen LogP contribution in [0.15, 0.2) is 18.2 Å². The van der Waals surface area contributed by atoms with Gasteiger partial charge in [0.1, 0.15) is 5.82 Å². The molecule has 0 radical (unpaired) electrons. The van der Waals surface area contributed by atoms with E-state index in [1.54, 1.807) is 5.32 Å². The maximum Gasteiger partial charge on any atom is 0.412 e. The summed E-state index contributed by atoms with van der Waals surface area (Å²) in [5.74, 6) is -3.03. The van der Waals surface area contributed by atoms with Crippen LogP contribution < -0.4 is 5.32 Å². The summed E-state index contributed by atoms with van der Waals surface area (Å²) in [6, 6.07) is -1.13. The van der Waals surface area contributed by atoms with E-state index in [-0.39, 0.29) is 6.54 Å². The Kier molecular flexibility index (Phi) is 6.42. The molecular weight excluding hydrogens is 356 g/mol. The van der Waals surface area contributed by atoms with Crippen LogP contribution in [0.2, 0.25) is 5.02 Å². The van der Waals surface area contributed by atoms with Crippen LogP contribution in [0.1, 0.15) is 18.5 Å². The molecule has 0 heterocycles. The van der Waals surface area contributed by atoms with Gasteiger partial charge < -0.3 is 15.3 Å². The molecule has 10 heteroatoms. The lowest BCUT2D eigenvalue weighted by Gasteiger charge is -2.26. The number of carboxylic acids is 1. The van der Waals surface area contributed by atoms with E-state index in [1.165, 1.54) is 14.0 Å². The first kappa shape index (κ1) is 20.0. The molecule has 2 N–H and O–H groups in total. The van der Waals surface area contributed by atoms with Crippen LogP contribution in [0.4, 0.5) is 22.4 Å². The van der Waals surface area contributed by atoms with Crippen molar-refractivity contribution in [2.24, 2.45) is 5.92 Å². The maximum absolute atomic E-state index is 13.2. The van der Waals surface area contributed by atoms with Gasteiger partial charge in [0.05, 0.1) is 10.9 Å². The number of amides is 2. The zero-order chi connectivity index (χ0) is 18.7. The van der Waals surface area contributed by atoms with Crippen LogP contribution in [0, 0.1) is 11.7 Å². The summed E-state index contributed by atoms with van der Waals surface area (Å²) in [4.78, 5) is 23.5. The van der Waals surface area contributed by atoms with E-state index in [0.717, 1.165) is 23.1 Å².